The molecule has 7 aromatic carbocycles. The van der Waals surface area contributed by atoms with Gasteiger partial charge in [-0.15, -0.1) is 0 Å². The molecule has 13 rings (SSSR count). The lowest BCUT2D eigenvalue weighted by Crippen LogP contribution is -2.48. The first kappa shape index (κ1) is 35.5. The number of fused-ring (bicyclic) bond motifs is 6. The monoisotopic (exact) mass is 762 g/mol. The molecule has 290 valence electrons. The maximum Gasteiger partial charge on any atom is 0.0340 e. The summed E-state index contributed by atoms with van der Waals surface area (Å²) in [6.45, 7) is 9.59. The number of hydrogen-bond acceptors (Lipinski definition) is 0. The summed E-state index contributed by atoms with van der Waals surface area (Å²) in [5, 5.41) is 0. The second kappa shape index (κ2) is 12.8. The van der Waals surface area contributed by atoms with Crippen molar-refractivity contribution in [2.24, 2.45) is 17.8 Å². The normalized spacial score (nSPS) is 23.5. The topological polar surface area (TPSA) is 0 Å². The van der Waals surface area contributed by atoms with Crippen LogP contribution >= 0.6 is 0 Å². The third kappa shape index (κ3) is 5.34. The van der Waals surface area contributed by atoms with Crippen LogP contribution in [-0.2, 0) is 16.2 Å². The highest BCUT2D eigenvalue weighted by atomic mass is 14.6. The zero-order chi connectivity index (χ0) is 39.7. The fraction of sp³-hybridized carbons (Fsp3) is 0.288. The first-order valence-electron chi connectivity index (χ1n) is 22.5. The molecule has 0 nitrogen and oxygen atoms in total. The first-order valence-corrected chi connectivity index (χ1v) is 22.5. The van der Waals surface area contributed by atoms with Gasteiger partial charge in [0.15, 0.2) is 0 Å². The molecule has 0 aromatic heterocycles. The molecule has 59 heavy (non-hydrogen) atoms. The molecule has 0 amide bonds. The third-order valence-electron chi connectivity index (χ3n) is 16.2. The van der Waals surface area contributed by atoms with Crippen LogP contribution in [0.1, 0.15) is 117 Å². The van der Waals surface area contributed by atoms with Crippen molar-refractivity contribution in [3.63, 3.8) is 0 Å². The maximum absolute atomic E-state index is 2.53. The Morgan fingerprint density at radius 1 is 0.373 bits per heavy atom. The van der Waals surface area contributed by atoms with Gasteiger partial charge in [0.2, 0.25) is 0 Å². The highest BCUT2D eigenvalue weighted by molar-refractivity contribution is 5.85. The van der Waals surface area contributed by atoms with Crippen LogP contribution in [0, 0.1) is 17.8 Å². The van der Waals surface area contributed by atoms with Gasteiger partial charge < -0.3 is 0 Å². The van der Waals surface area contributed by atoms with E-state index in [9.17, 15) is 0 Å². The molecule has 7 aromatic rings. The molecule has 0 spiro atoms. The Labute approximate surface area is 351 Å². The summed E-state index contributed by atoms with van der Waals surface area (Å²) >= 11 is 0. The van der Waals surface area contributed by atoms with E-state index in [-0.39, 0.29) is 16.7 Å². The summed E-state index contributed by atoms with van der Waals surface area (Å²) in [5.41, 5.74) is 22.3. The van der Waals surface area contributed by atoms with E-state index < -0.39 is 0 Å². The summed E-state index contributed by atoms with van der Waals surface area (Å²) in [7, 11) is 0. The zero-order valence-corrected chi connectivity index (χ0v) is 35.1. The van der Waals surface area contributed by atoms with Crippen molar-refractivity contribution < 1.29 is 0 Å². The maximum atomic E-state index is 2.53. The zero-order valence-electron chi connectivity index (χ0n) is 35.1. The number of rotatable bonds is 6. The summed E-state index contributed by atoms with van der Waals surface area (Å²) in [6, 6.07) is 61.2. The van der Waals surface area contributed by atoms with E-state index in [1.54, 1.807) is 5.56 Å². The van der Waals surface area contributed by atoms with Crippen molar-refractivity contribution in [2.45, 2.75) is 88.4 Å². The standard InChI is InChI=1S/C59H54/c1-57(2)52-15-9-7-13-48(52)50-27-23-43(32-54(50)57)56(44-24-28-51-49-14-8-10-16-53(49)58(3,4)55(51)33-44)42-19-17-40(18-20-42)46-11-5-6-12-47(46)41-21-25-45(26-22-41)59-34-37-29-38(35-59)31-39(30-37)36-59/h5-28,32-33,37-39,56H,29-31,34-36H2,1-4H3. The van der Waals surface area contributed by atoms with Crippen molar-refractivity contribution in [1.82, 2.24) is 0 Å². The lowest BCUT2D eigenvalue weighted by atomic mass is 9.48. The van der Waals surface area contributed by atoms with Crippen LogP contribution in [0.15, 0.2) is 158 Å². The van der Waals surface area contributed by atoms with Crippen molar-refractivity contribution in [3.8, 4) is 44.5 Å². The second-order valence-corrected chi connectivity index (χ2v) is 20.3. The highest BCUT2D eigenvalue weighted by Crippen LogP contribution is 2.61. The van der Waals surface area contributed by atoms with Crippen LogP contribution < -0.4 is 0 Å². The lowest BCUT2D eigenvalue weighted by molar-refractivity contribution is -0.00518. The average Bonchev–Trinajstić information content (AvgIpc) is 3.63. The van der Waals surface area contributed by atoms with Crippen molar-refractivity contribution in [1.29, 1.82) is 0 Å². The Hall–Kier alpha value is -5.46. The molecule has 6 aliphatic carbocycles. The van der Waals surface area contributed by atoms with Gasteiger partial charge in [-0.3, -0.25) is 0 Å². The Morgan fingerprint density at radius 2 is 0.746 bits per heavy atom. The van der Waals surface area contributed by atoms with Crippen molar-refractivity contribution >= 4 is 0 Å². The Morgan fingerprint density at radius 3 is 1.20 bits per heavy atom. The van der Waals surface area contributed by atoms with Crippen LogP contribution in [-0.4, -0.2) is 0 Å². The van der Waals surface area contributed by atoms with Gasteiger partial charge in [-0.25, -0.2) is 0 Å². The molecule has 0 N–H and O–H groups in total. The minimum Gasteiger partial charge on any atom is -0.0619 e. The smallest absolute Gasteiger partial charge is 0.0340 e. The predicted molar refractivity (Wildman–Crippen MR) is 246 cm³/mol. The summed E-state index contributed by atoms with van der Waals surface area (Å²) in [4.78, 5) is 0. The van der Waals surface area contributed by atoms with E-state index in [2.05, 4.69) is 185 Å². The molecule has 6 aliphatic rings. The van der Waals surface area contributed by atoms with Crippen LogP contribution in [0.4, 0.5) is 0 Å². The summed E-state index contributed by atoms with van der Waals surface area (Å²) < 4.78 is 0. The van der Waals surface area contributed by atoms with E-state index in [1.165, 1.54) is 122 Å². The first-order chi connectivity index (χ1) is 28.7. The predicted octanol–water partition coefficient (Wildman–Crippen LogP) is 15.3. The fourth-order valence-electron chi connectivity index (χ4n) is 13.7. The van der Waals surface area contributed by atoms with Gasteiger partial charge in [-0.05, 0) is 151 Å². The van der Waals surface area contributed by atoms with Gasteiger partial charge in [-0.1, -0.05) is 185 Å². The molecule has 0 heterocycles. The SMILES string of the molecule is CC1(C)c2ccccc2-c2ccc(C(c3ccc(-c4ccccc4-c4ccc(C56CC7CC(CC(C7)C5)C6)cc4)cc3)c3ccc4c(c3)C(C)(C)c3ccccc3-4)cc21. The van der Waals surface area contributed by atoms with E-state index in [4.69, 9.17) is 0 Å². The van der Waals surface area contributed by atoms with Gasteiger partial charge in [0.1, 0.15) is 0 Å². The molecule has 0 aliphatic heterocycles. The van der Waals surface area contributed by atoms with E-state index in [0.717, 1.165) is 17.8 Å². The minimum atomic E-state index is -0.0604. The van der Waals surface area contributed by atoms with Gasteiger partial charge in [0.05, 0.1) is 0 Å². The fourth-order valence-corrected chi connectivity index (χ4v) is 13.7. The molecule has 0 saturated heterocycles. The minimum absolute atomic E-state index is 0.0604. The molecule has 0 radical (unpaired) electrons. The lowest BCUT2D eigenvalue weighted by Gasteiger charge is -2.57. The second-order valence-electron chi connectivity index (χ2n) is 20.3. The molecule has 4 fully saturated rings. The van der Waals surface area contributed by atoms with Gasteiger partial charge in [0, 0.05) is 16.7 Å². The van der Waals surface area contributed by atoms with Gasteiger partial charge in [0.25, 0.3) is 0 Å². The number of hydrogen-bond donors (Lipinski definition) is 0. The van der Waals surface area contributed by atoms with Gasteiger partial charge >= 0.3 is 0 Å². The highest BCUT2D eigenvalue weighted by Gasteiger charge is 2.51. The average molecular weight is 763 g/mol. The largest absolute Gasteiger partial charge is 0.0619 e. The van der Waals surface area contributed by atoms with E-state index in [0.29, 0.717) is 5.41 Å². The van der Waals surface area contributed by atoms with E-state index >= 15 is 0 Å². The molecule has 0 unspecified atom stereocenters. The van der Waals surface area contributed by atoms with E-state index in [1.807, 2.05) is 0 Å². The van der Waals surface area contributed by atoms with Crippen molar-refractivity contribution in [3.05, 3.63) is 202 Å². The van der Waals surface area contributed by atoms with Crippen LogP contribution in [0.25, 0.3) is 44.5 Å². The van der Waals surface area contributed by atoms with Crippen LogP contribution in [0.2, 0.25) is 0 Å². The summed E-state index contributed by atoms with van der Waals surface area (Å²) in [6.07, 6.45) is 8.71. The summed E-state index contributed by atoms with van der Waals surface area (Å²) in [5.74, 6) is 2.97. The molecule has 0 heteroatoms. The van der Waals surface area contributed by atoms with Crippen LogP contribution in [0.5, 0.6) is 0 Å². The Balaban J connectivity index is 0.929. The molecule has 0 atom stereocenters. The quantitative estimate of drug-likeness (QED) is 0.148. The third-order valence-corrected chi connectivity index (χ3v) is 16.2. The number of benzene rings is 7. The van der Waals surface area contributed by atoms with Crippen LogP contribution in [0.3, 0.4) is 0 Å². The van der Waals surface area contributed by atoms with Gasteiger partial charge in [-0.2, -0.15) is 0 Å². The molecule has 4 bridgehead atoms. The Bertz CT molecular complexity index is 2650. The Kier molecular flexibility index (Phi) is 7.68. The molecular weight excluding hydrogens is 709 g/mol. The molecular formula is C59H54. The molecule has 4 saturated carbocycles. The van der Waals surface area contributed by atoms with Crippen molar-refractivity contribution in [2.75, 3.05) is 0 Å².